The van der Waals surface area contributed by atoms with Crippen LogP contribution in [-0.2, 0) is 9.53 Å². The third-order valence-electron chi connectivity index (χ3n) is 3.52. The zero-order chi connectivity index (χ0) is 15.7. The first-order valence-electron chi connectivity index (χ1n) is 7.15. The molecule has 4 nitrogen and oxygen atoms in total. The standard InChI is InChI=1S/C16H16N2O2S2/c1-3-17-11-7-5-6-8-13(11)22-14(17)10-9-12-15(19)18(4-2)16(21)20-12/h5-10H,3-4H2,1-2H3. The summed E-state index contributed by atoms with van der Waals surface area (Å²) in [5, 5.41) is 1.31. The van der Waals surface area contributed by atoms with Crippen LogP contribution in [0.15, 0.2) is 52.1 Å². The smallest absolute Gasteiger partial charge is 0.297 e. The molecule has 1 saturated heterocycles. The number of fused-ring (bicyclic) bond motifs is 1. The number of allylic oxidation sites excluding steroid dienone is 2. The lowest BCUT2D eigenvalue weighted by Crippen LogP contribution is -2.27. The second-order valence-corrected chi connectivity index (χ2v) is 6.18. The number of anilines is 1. The Kier molecular flexibility index (Phi) is 4.22. The van der Waals surface area contributed by atoms with Gasteiger partial charge in [-0.1, -0.05) is 23.9 Å². The van der Waals surface area contributed by atoms with Crippen LogP contribution < -0.4 is 4.90 Å². The third kappa shape index (κ3) is 2.53. The first-order valence-corrected chi connectivity index (χ1v) is 8.38. The Hall–Kier alpha value is -1.79. The van der Waals surface area contributed by atoms with E-state index in [4.69, 9.17) is 17.0 Å². The normalized spacial score (nSPS) is 21.0. The van der Waals surface area contributed by atoms with Gasteiger partial charge in [0, 0.05) is 18.0 Å². The Labute approximate surface area is 139 Å². The van der Waals surface area contributed by atoms with E-state index in [1.54, 1.807) is 17.8 Å². The number of rotatable bonds is 3. The Balaban J connectivity index is 1.87. The molecular formula is C16H16N2O2S2. The molecule has 6 heteroatoms. The topological polar surface area (TPSA) is 32.8 Å². The van der Waals surface area contributed by atoms with E-state index in [1.807, 2.05) is 25.1 Å². The summed E-state index contributed by atoms with van der Waals surface area (Å²) >= 11 is 6.74. The number of likely N-dealkylation sites (N-methyl/N-ethyl adjacent to an activating group) is 1. The number of para-hydroxylation sites is 1. The molecule has 1 fully saturated rings. The van der Waals surface area contributed by atoms with Crippen molar-refractivity contribution in [3.05, 3.63) is 47.2 Å². The van der Waals surface area contributed by atoms with E-state index in [0.717, 1.165) is 11.6 Å². The van der Waals surface area contributed by atoms with Crippen LogP contribution in [0.4, 0.5) is 5.69 Å². The van der Waals surface area contributed by atoms with Gasteiger partial charge in [0.15, 0.2) is 5.76 Å². The van der Waals surface area contributed by atoms with Crippen molar-refractivity contribution in [2.24, 2.45) is 0 Å². The Bertz CT molecular complexity index is 697. The number of thiocarbonyl (C=S) groups is 1. The fourth-order valence-electron chi connectivity index (χ4n) is 2.44. The maximum Gasteiger partial charge on any atom is 0.297 e. The maximum absolute atomic E-state index is 12.1. The Morgan fingerprint density at radius 3 is 2.59 bits per heavy atom. The lowest BCUT2D eigenvalue weighted by atomic mass is 10.3. The highest BCUT2D eigenvalue weighted by Gasteiger charge is 2.32. The second-order valence-electron chi connectivity index (χ2n) is 4.77. The summed E-state index contributed by atoms with van der Waals surface area (Å²) in [5.74, 6) is 0.111. The van der Waals surface area contributed by atoms with E-state index in [-0.39, 0.29) is 16.8 Å². The number of nitrogens with zero attached hydrogens (tertiary/aromatic N) is 2. The molecular weight excluding hydrogens is 316 g/mol. The van der Waals surface area contributed by atoms with Crippen LogP contribution in [0.25, 0.3) is 0 Å². The fourth-order valence-corrected chi connectivity index (χ4v) is 3.87. The maximum atomic E-state index is 12.1. The molecule has 2 aliphatic heterocycles. The monoisotopic (exact) mass is 332 g/mol. The highest BCUT2D eigenvalue weighted by molar-refractivity contribution is 8.03. The molecule has 2 heterocycles. The first-order chi connectivity index (χ1) is 10.7. The summed E-state index contributed by atoms with van der Waals surface area (Å²) < 4.78 is 5.38. The van der Waals surface area contributed by atoms with E-state index in [2.05, 4.69) is 24.0 Å². The second kappa shape index (κ2) is 6.14. The number of ether oxygens (including phenoxy) is 1. The molecule has 0 bridgehead atoms. The van der Waals surface area contributed by atoms with Gasteiger partial charge in [0.1, 0.15) is 0 Å². The van der Waals surface area contributed by atoms with Crippen LogP contribution >= 0.6 is 24.0 Å². The zero-order valence-electron chi connectivity index (χ0n) is 12.4. The lowest BCUT2D eigenvalue weighted by molar-refractivity contribution is -0.122. The highest BCUT2D eigenvalue weighted by atomic mass is 32.2. The minimum atomic E-state index is -0.173. The van der Waals surface area contributed by atoms with E-state index < -0.39 is 0 Å². The van der Waals surface area contributed by atoms with Crippen LogP contribution in [0.5, 0.6) is 0 Å². The number of hydrogen-bond acceptors (Lipinski definition) is 5. The molecule has 0 aliphatic carbocycles. The molecule has 1 aromatic rings. The van der Waals surface area contributed by atoms with Crippen LogP contribution in [0.3, 0.4) is 0 Å². The summed E-state index contributed by atoms with van der Waals surface area (Å²) in [6, 6.07) is 8.26. The highest BCUT2D eigenvalue weighted by Crippen LogP contribution is 2.45. The molecule has 0 N–H and O–H groups in total. The van der Waals surface area contributed by atoms with Crippen LogP contribution in [0, 0.1) is 0 Å². The molecule has 0 aromatic heterocycles. The molecule has 2 aliphatic rings. The number of amides is 1. The zero-order valence-corrected chi connectivity index (χ0v) is 14.0. The average molecular weight is 332 g/mol. The minimum Gasteiger partial charge on any atom is -0.426 e. The lowest BCUT2D eigenvalue weighted by Gasteiger charge is -2.17. The molecule has 3 rings (SSSR count). The number of hydrogen-bond donors (Lipinski definition) is 0. The number of thioether (sulfide) groups is 1. The van der Waals surface area contributed by atoms with Gasteiger partial charge in [0.05, 0.1) is 10.7 Å². The van der Waals surface area contributed by atoms with Gasteiger partial charge in [-0.2, -0.15) is 0 Å². The summed E-state index contributed by atoms with van der Waals surface area (Å²) in [6.45, 7) is 5.37. The van der Waals surface area contributed by atoms with Crippen LogP contribution in [-0.4, -0.2) is 29.1 Å². The largest absolute Gasteiger partial charge is 0.426 e. The fraction of sp³-hybridized carbons (Fsp3) is 0.250. The molecule has 114 valence electrons. The van der Waals surface area contributed by atoms with Crippen molar-refractivity contribution < 1.29 is 9.53 Å². The Morgan fingerprint density at radius 1 is 1.18 bits per heavy atom. The van der Waals surface area contributed by atoms with E-state index >= 15 is 0 Å². The van der Waals surface area contributed by atoms with Gasteiger partial charge in [-0.05, 0) is 50.4 Å². The predicted molar refractivity (Wildman–Crippen MR) is 92.6 cm³/mol. The van der Waals surface area contributed by atoms with Gasteiger partial charge in [-0.25, -0.2) is 0 Å². The third-order valence-corrected chi connectivity index (χ3v) is 4.95. The number of carbonyl (C=O) groups is 1. The van der Waals surface area contributed by atoms with Crippen molar-refractivity contribution in [1.29, 1.82) is 0 Å². The van der Waals surface area contributed by atoms with Crippen molar-refractivity contribution in [3.63, 3.8) is 0 Å². The molecule has 0 saturated carbocycles. The van der Waals surface area contributed by atoms with Crippen molar-refractivity contribution >= 4 is 40.7 Å². The van der Waals surface area contributed by atoms with E-state index in [9.17, 15) is 4.79 Å². The predicted octanol–water partition coefficient (Wildman–Crippen LogP) is 3.51. The molecule has 0 radical (unpaired) electrons. The molecule has 1 amide bonds. The van der Waals surface area contributed by atoms with Gasteiger partial charge >= 0.3 is 0 Å². The molecule has 0 atom stereocenters. The molecule has 1 aromatic carbocycles. The van der Waals surface area contributed by atoms with E-state index in [0.29, 0.717) is 6.54 Å². The minimum absolute atomic E-state index is 0.173. The van der Waals surface area contributed by atoms with Gasteiger partial charge in [0.25, 0.3) is 11.1 Å². The Morgan fingerprint density at radius 2 is 1.91 bits per heavy atom. The van der Waals surface area contributed by atoms with Crippen molar-refractivity contribution in [2.45, 2.75) is 18.7 Å². The SMILES string of the molecule is CCN1C(=O)C(=CC=C2Sc3ccccc3N2CC)OC1=S. The molecule has 0 unspecified atom stereocenters. The molecule has 22 heavy (non-hydrogen) atoms. The van der Waals surface area contributed by atoms with E-state index in [1.165, 1.54) is 15.5 Å². The summed E-state index contributed by atoms with van der Waals surface area (Å²) in [5.41, 5.74) is 1.20. The van der Waals surface area contributed by atoms with Gasteiger partial charge < -0.3 is 9.64 Å². The van der Waals surface area contributed by atoms with Gasteiger partial charge in [-0.3, -0.25) is 9.69 Å². The first kappa shape index (κ1) is 15.1. The van der Waals surface area contributed by atoms with Crippen LogP contribution in [0.1, 0.15) is 13.8 Å². The quantitative estimate of drug-likeness (QED) is 0.625. The van der Waals surface area contributed by atoms with Crippen molar-refractivity contribution in [1.82, 2.24) is 4.90 Å². The van der Waals surface area contributed by atoms with Gasteiger partial charge in [-0.15, -0.1) is 0 Å². The summed E-state index contributed by atoms with van der Waals surface area (Å²) in [6.07, 6.45) is 3.63. The number of carbonyl (C=O) groups excluding carboxylic acids is 1. The van der Waals surface area contributed by atoms with Crippen molar-refractivity contribution in [3.8, 4) is 0 Å². The average Bonchev–Trinajstić information content (AvgIpc) is 3.01. The van der Waals surface area contributed by atoms with Crippen LogP contribution in [0.2, 0.25) is 0 Å². The van der Waals surface area contributed by atoms with Gasteiger partial charge in [0.2, 0.25) is 0 Å². The summed E-state index contributed by atoms with van der Waals surface area (Å²) in [7, 11) is 0. The summed E-state index contributed by atoms with van der Waals surface area (Å²) in [4.78, 5) is 17.0. The van der Waals surface area contributed by atoms with Crippen molar-refractivity contribution in [2.75, 3.05) is 18.0 Å². The number of benzene rings is 1. The molecule has 0 spiro atoms.